The number of aliphatic imine (C=N–C) groups is 2. The van der Waals surface area contributed by atoms with Crippen molar-refractivity contribution in [3.63, 3.8) is 0 Å². The summed E-state index contributed by atoms with van der Waals surface area (Å²) in [5, 5.41) is 3.17. The maximum absolute atomic E-state index is 15.2. The SMILES string of the molecule is C=N/C=C(/F)C(=NCNc1ccc(C(C2CCN(CC)CC2)C(C)(C)C)cn1)c1cc(F)c2nc(C)n(C(C)C)c2c1. The van der Waals surface area contributed by atoms with E-state index in [0.717, 1.165) is 25.8 Å². The van der Waals surface area contributed by atoms with Gasteiger partial charge in [0.2, 0.25) is 0 Å². The van der Waals surface area contributed by atoms with Gasteiger partial charge in [-0.1, -0.05) is 33.8 Å². The molecule has 0 aliphatic carbocycles. The molecular formula is C33H45F2N7. The normalized spacial score (nSPS) is 16.8. The Hall–Kier alpha value is -3.46. The summed E-state index contributed by atoms with van der Waals surface area (Å²) >= 11 is 0. The molecule has 1 aliphatic heterocycles. The smallest absolute Gasteiger partial charge is 0.167 e. The van der Waals surface area contributed by atoms with E-state index in [1.807, 2.05) is 37.6 Å². The van der Waals surface area contributed by atoms with Crippen LogP contribution < -0.4 is 5.32 Å². The van der Waals surface area contributed by atoms with E-state index in [2.05, 4.69) is 70.6 Å². The van der Waals surface area contributed by atoms with Crippen LogP contribution in [0.4, 0.5) is 14.6 Å². The molecule has 1 atom stereocenters. The number of allylic oxidation sites excluding steroid dienone is 1. The van der Waals surface area contributed by atoms with Crippen molar-refractivity contribution in [2.45, 2.75) is 73.3 Å². The fourth-order valence-electron chi connectivity index (χ4n) is 6.48. The zero-order chi connectivity index (χ0) is 30.6. The van der Waals surface area contributed by atoms with Gasteiger partial charge in [-0.05, 0) is 101 Å². The molecule has 1 N–H and O–H groups in total. The Morgan fingerprint density at radius 2 is 1.93 bits per heavy atom. The van der Waals surface area contributed by atoms with Gasteiger partial charge in [0, 0.05) is 17.8 Å². The molecule has 1 aliphatic rings. The van der Waals surface area contributed by atoms with Crippen molar-refractivity contribution in [1.82, 2.24) is 19.4 Å². The number of nitrogens with zero attached hydrogens (tertiary/aromatic N) is 6. The number of fused-ring (bicyclic) bond motifs is 1. The van der Waals surface area contributed by atoms with Gasteiger partial charge in [0.25, 0.3) is 0 Å². The summed E-state index contributed by atoms with van der Waals surface area (Å²) in [5.41, 5.74) is 2.46. The maximum Gasteiger partial charge on any atom is 0.167 e. The number of aromatic nitrogens is 3. The number of halogens is 2. The molecule has 4 rings (SSSR count). The zero-order valence-corrected chi connectivity index (χ0v) is 26.1. The van der Waals surface area contributed by atoms with Crippen LogP contribution in [0.25, 0.3) is 11.0 Å². The van der Waals surface area contributed by atoms with E-state index in [1.165, 1.54) is 24.5 Å². The summed E-state index contributed by atoms with van der Waals surface area (Å²) in [7, 11) is 0. The van der Waals surface area contributed by atoms with Crippen molar-refractivity contribution in [3.05, 3.63) is 65.3 Å². The average molecular weight is 578 g/mol. The first kappa shape index (κ1) is 31.5. The number of piperidine rings is 1. The third kappa shape index (κ3) is 6.94. The molecule has 1 unspecified atom stereocenters. The van der Waals surface area contributed by atoms with Gasteiger partial charge in [-0.3, -0.25) is 9.98 Å². The predicted octanol–water partition coefficient (Wildman–Crippen LogP) is 7.69. The van der Waals surface area contributed by atoms with E-state index in [0.29, 0.717) is 34.6 Å². The number of hydrogen-bond acceptors (Lipinski definition) is 6. The van der Waals surface area contributed by atoms with E-state index in [4.69, 9.17) is 0 Å². The van der Waals surface area contributed by atoms with Crippen LogP contribution in [0.15, 0.2) is 52.5 Å². The van der Waals surface area contributed by atoms with Gasteiger partial charge in [0.1, 0.15) is 29.5 Å². The second kappa shape index (κ2) is 13.2. The summed E-state index contributed by atoms with van der Waals surface area (Å²) in [6, 6.07) is 7.14. The van der Waals surface area contributed by atoms with Crippen LogP contribution in [0.5, 0.6) is 0 Å². The van der Waals surface area contributed by atoms with E-state index in [9.17, 15) is 0 Å². The molecule has 0 saturated carbocycles. The maximum atomic E-state index is 15.2. The van der Waals surface area contributed by atoms with Crippen LogP contribution in [0.3, 0.4) is 0 Å². The Morgan fingerprint density at radius 1 is 1.21 bits per heavy atom. The van der Waals surface area contributed by atoms with E-state index in [-0.39, 0.29) is 29.4 Å². The standard InChI is InChI=1S/C33H45F2N7/c1-9-41-14-12-23(13-15-41)30(33(5,6)7)24-10-11-29(37-18-24)38-20-39-31(27(35)19-36-8)25-16-26(34)32-28(17-25)42(21(2)3)22(4)40-32/h10-11,16-19,21,23,30H,8-9,12-15,20H2,1-7H3,(H,37,38)/b27-19+,39-31?. The number of pyridine rings is 1. The predicted molar refractivity (Wildman–Crippen MR) is 170 cm³/mol. The van der Waals surface area contributed by atoms with Crippen molar-refractivity contribution in [2.75, 3.05) is 31.6 Å². The van der Waals surface area contributed by atoms with Crippen LogP contribution in [0.1, 0.15) is 83.3 Å². The second-order valence-electron chi connectivity index (χ2n) is 12.5. The molecule has 42 heavy (non-hydrogen) atoms. The summed E-state index contributed by atoms with van der Waals surface area (Å²) in [4.78, 5) is 19.6. The molecule has 1 fully saturated rings. The molecule has 0 bridgehead atoms. The number of imidazole rings is 1. The van der Waals surface area contributed by atoms with Crippen LogP contribution in [0, 0.1) is 24.1 Å². The van der Waals surface area contributed by atoms with E-state index < -0.39 is 11.6 Å². The molecule has 2 aromatic heterocycles. The Labute approximate surface area is 248 Å². The second-order valence-corrected chi connectivity index (χ2v) is 12.5. The molecular weight excluding hydrogens is 532 g/mol. The Morgan fingerprint density at radius 3 is 2.50 bits per heavy atom. The van der Waals surface area contributed by atoms with Crippen LogP contribution in [-0.4, -0.2) is 58.2 Å². The van der Waals surface area contributed by atoms with Gasteiger partial charge in [0.15, 0.2) is 11.6 Å². The van der Waals surface area contributed by atoms with Gasteiger partial charge in [-0.15, -0.1) is 0 Å². The Kier molecular flexibility index (Phi) is 9.92. The molecule has 0 radical (unpaired) electrons. The zero-order valence-electron chi connectivity index (χ0n) is 26.1. The molecule has 0 spiro atoms. The van der Waals surface area contributed by atoms with Gasteiger partial charge < -0.3 is 14.8 Å². The highest BCUT2D eigenvalue weighted by Crippen LogP contribution is 2.44. The van der Waals surface area contributed by atoms with Crippen LogP contribution >= 0.6 is 0 Å². The van der Waals surface area contributed by atoms with Crippen LogP contribution in [-0.2, 0) is 0 Å². The molecule has 0 amide bonds. The minimum Gasteiger partial charge on any atom is -0.351 e. The Bertz CT molecular complexity index is 1440. The average Bonchev–Trinajstić information content (AvgIpc) is 3.28. The molecule has 1 saturated heterocycles. The lowest BCUT2D eigenvalue weighted by Gasteiger charge is -2.42. The third-order valence-electron chi connectivity index (χ3n) is 8.27. The molecule has 1 aromatic carbocycles. The lowest BCUT2D eigenvalue weighted by Crippen LogP contribution is -2.38. The summed E-state index contributed by atoms with van der Waals surface area (Å²) < 4.78 is 32.2. The monoisotopic (exact) mass is 577 g/mol. The first-order valence-corrected chi connectivity index (χ1v) is 14.9. The quantitative estimate of drug-likeness (QED) is 0.251. The molecule has 3 heterocycles. The number of benzene rings is 1. The highest BCUT2D eigenvalue weighted by Gasteiger charge is 2.35. The summed E-state index contributed by atoms with van der Waals surface area (Å²) in [6.07, 6.45) is 5.32. The summed E-state index contributed by atoms with van der Waals surface area (Å²) in [6.45, 7) is 21.8. The molecule has 3 aromatic rings. The number of nitrogens with one attached hydrogen (secondary N) is 1. The molecule has 226 valence electrons. The fraction of sp³-hybridized carbons (Fsp3) is 0.515. The minimum atomic E-state index is -0.705. The first-order chi connectivity index (χ1) is 19.9. The number of hydrogen-bond donors (Lipinski definition) is 1. The lowest BCUT2D eigenvalue weighted by molar-refractivity contribution is 0.132. The number of aryl methyl sites for hydroxylation is 1. The lowest BCUT2D eigenvalue weighted by atomic mass is 9.67. The highest BCUT2D eigenvalue weighted by atomic mass is 19.1. The van der Waals surface area contributed by atoms with E-state index in [1.54, 1.807) is 6.07 Å². The fourth-order valence-corrected chi connectivity index (χ4v) is 6.48. The molecule has 9 heteroatoms. The van der Waals surface area contributed by atoms with Crippen molar-refractivity contribution < 1.29 is 8.78 Å². The van der Waals surface area contributed by atoms with Crippen LogP contribution in [0.2, 0.25) is 0 Å². The Balaban J connectivity index is 1.56. The topological polar surface area (TPSA) is 70.7 Å². The minimum absolute atomic E-state index is 0.0207. The van der Waals surface area contributed by atoms with Gasteiger partial charge >= 0.3 is 0 Å². The van der Waals surface area contributed by atoms with Crippen molar-refractivity contribution in [2.24, 2.45) is 21.3 Å². The number of anilines is 1. The van der Waals surface area contributed by atoms with Crippen molar-refractivity contribution in [3.8, 4) is 0 Å². The van der Waals surface area contributed by atoms with Crippen molar-refractivity contribution >= 4 is 29.3 Å². The third-order valence-corrected chi connectivity index (χ3v) is 8.27. The van der Waals surface area contributed by atoms with E-state index >= 15 is 8.78 Å². The largest absolute Gasteiger partial charge is 0.351 e. The van der Waals surface area contributed by atoms with Gasteiger partial charge in [0.05, 0.1) is 11.7 Å². The van der Waals surface area contributed by atoms with Crippen molar-refractivity contribution in [1.29, 1.82) is 0 Å². The highest BCUT2D eigenvalue weighted by molar-refractivity contribution is 6.12. The molecule has 7 nitrogen and oxygen atoms in total. The first-order valence-electron chi connectivity index (χ1n) is 14.9. The number of rotatable bonds is 10. The number of likely N-dealkylation sites (tertiary alicyclic amines) is 1. The van der Waals surface area contributed by atoms with Gasteiger partial charge in [-0.25, -0.2) is 18.7 Å². The summed E-state index contributed by atoms with van der Waals surface area (Å²) in [5.74, 6) is 1.11. The van der Waals surface area contributed by atoms with Gasteiger partial charge in [-0.2, -0.15) is 0 Å².